The smallest absolute Gasteiger partial charge is 0.465 e. The van der Waals surface area contributed by atoms with Gasteiger partial charge in [-0.15, -0.1) is 0 Å². The van der Waals surface area contributed by atoms with E-state index in [0.29, 0.717) is 25.8 Å². The lowest BCUT2D eigenvalue weighted by Crippen LogP contribution is -2.54. The molecular weight excluding hydrogens is 391 g/mol. The first-order valence-electron chi connectivity index (χ1n) is 11.1. The number of piperidine rings is 1. The second-order valence-electron chi connectivity index (χ2n) is 11.2. The Labute approximate surface area is 186 Å². The highest BCUT2D eigenvalue weighted by molar-refractivity contribution is 6.62. The molecule has 1 amide bonds. The molecule has 0 bridgehead atoms. The summed E-state index contributed by atoms with van der Waals surface area (Å²) < 4.78 is 12.3. The Kier molecular flexibility index (Phi) is 5.97. The van der Waals surface area contributed by atoms with Crippen molar-refractivity contribution in [3.8, 4) is 6.07 Å². The minimum Gasteiger partial charge on any atom is -0.465 e. The van der Waals surface area contributed by atoms with Crippen molar-refractivity contribution in [3.63, 3.8) is 0 Å². The monoisotopic (exact) mass is 426 g/mol. The summed E-state index contributed by atoms with van der Waals surface area (Å²) in [6.45, 7) is 14.7. The van der Waals surface area contributed by atoms with Crippen molar-refractivity contribution in [1.82, 2.24) is 4.90 Å². The molecule has 0 spiro atoms. The zero-order valence-electron chi connectivity index (χ0n) is 19.9. The SMILES string of the molecule is CC(C)(C)C1CC(C#N)(Cc2ccc(B3OC(C)(C)C(C)(C)O3)cc2)CCN1C(=O)O. The molecule has 1 aromatic carbocycles. The third-order valence-electron chi connectivity index (χ3n) is 7.32. The number of likely N-dealkylation sites (tertiary alicyclic amines) is 1. The zero-order valence-corrected chi connectivity index (χ0v) is 19.9. The van der Waals surface area contributed by atoms with Crippen LogP contribution in [0.15, 0.2) is 24.3 Å². The number of carbonyl (C=O) groups is 1. The van der Waals surface area contributed by atoms with Gasteiger partial charge in [0.25, 0.3) is 0 Å². The minimum absolute atomic E-state index is 0.192. The van der Waals surface area contributed by atoms with E-state index in [-0.39, 0.29) is 22.7 Å². The molecule has 3 rings (SSSR count). The summed E-state index contributed by atoms with van der Waals surface area (Å²) in [4.78, 5) is 13.3. The topological polar surface area (TPSA) is 82.8 Å². The molecule has 168 valence electrons. The molecular formula is C24H35BN2O4. The number of hydrogen-bond acceptors (Lipinski definition) is 4. The number of nitrogens with zero attached hydrogens (tertiary/aromatic N) is 2. The average Bonchev–Trinajstić information content (AvgIpc) is 2.88. The highest BCUT2D eigenvalue weighted by Crippen LogP contribution is 2.43. The molecule has 2 atom stereocenters. The molecule has 2 aliphatic rings. The maximum atomic E-state index is 11.7. The second-order valence-corrected chi connectivity index (χ2v) is 11.2. The lowest BCUT2D eigenvalue weighted by molar-refractivity contribution is 0.00578. The van der Waals surface area contributed by atoms with Gasteiger partial charge in [0.05, 0.1) is 22.7 Å². The van der Waals surface area contributed by atoms with E-state index >= 15 is 0 Å². The Bertz CT molecular complexity index is 853. The molecule has 0 saturated carbocycles. The van der Waals surface area contributed by atoms with E-state index in [1.807, 2.05) is 72.7 Å². The molecule has 31 heavy (non-hydrogen) atoms. The first-order valence-corrected chi connectivity index (χ1v) is 11.1. The summed E-state index contributed by atoms with van der Waals surface area (Å²) in [5, 5.41) is 19.7. The summed E-state index contributed by atoms with van der Waals surface area (Å²) in [5.74, 6) is 0. The fourth-order valence-corrected chi connectivity index (χ4v) is 4.54. The van der Waals surface area contributed by atoms with Gasteiger partial charge in [-0.1, -0.05) is 45.0 Å². The van der Waals surface area contributed by atoms with Crippen molar-refractivity contribution < 1.29 is 19.2 Å². The largest absolute Gasteiger partial charge is 0.494 e. The number of nitriles is 1. The summed E-state index contributed by atoms with van der Waals surface area (Å²) >= 11 is 0. The van der Waals surface area contributed by atoms with Gasteiger partial charge in [0.15, 0.2) is 0 Å². The van der Waals surface area contributed by atoms with Gasteiger partial charge in [-0.05, 0) is 63.4 Å². The quantitative estimate of drug-likeness (QED) is 0.732. The fraction of sp³-hybridized carbons (Fsp3) is 0.667. The van der Waals surface area contributed by atoms with Gasteiger partial charge in [0.2, 0.25) is 0 Å². The van der Waals surface area contributed by atoms with Crippen molar-refractivity contribution in [2.24, 2.45) is 10.8 Å². The van der Waals surface area contributed by atoms with Crippen LogP contribution in [-0.4, -0.2) is 47.0 Å². The molecule has 7 heteroatoms. The van der Waals surface area contributed by atoms with Crippen LogP contribution in [0.5, 0.6) is 0 Å². The van der Waals surface area contributed by atoms with Crippen LogP contribution in [0, 0.1) is 22.2 Å². The first-order chi connectivity index (χ1) is 14.2. The molecule has 2 saturated heterocycles. The van der Waals surface area contributed by atoms with Crippen molar-refractivity contribution in [2.75, 3.05) is 6.54 Å². The van der Waals surface area contributed by atoms with Gasteiger partial charge in [0, 0.05) is 12.6 Å². The van der Waals surface area contributed by atoms with Crippen molar-refractivity contribution in [2.45, 2.75) is 85.0 Å². The normalized spacial score (nSPS) is 27.7. The van der Waals surface area contributed by atoms with E-state index in [0.717, 1.165) is 11.0 Å². The van der Waals surface area contributed by atoms with E-state index in [9.17, 15) is 15.2 Å². The van der Waals surface area contributed by atoms with Crippen LogP contribution in [0.2, 0.25) is 0 Å². The third kappa shape index (κ3) is 4.61. The van der Waals surface area contributed by atoms with Crippen LogP contribution < -0.4 is 5.46 Å². The number of hydrogen-bond donors (Lipinski definition) is 1. The summed E-state index contributed by atoms with van der Waals surface area (Å²) in [5.41, 5.74) is 0.444. The van der Waals surface area contributed by atoms with Crippen molar-refractivity contribution >= 4 is 18.7 Å². The van der Waals surface area contributed by atoms with Crippen LogP contribution in [0.3, 0.4) is 0 Å². The van der Waals surface area contributed by atoms with Gasteiger partial charge < -0.3 is 19.3 Å². The van der Waals surface area contributed by atoms with Crippen LogP contribution in [0.4, 0.5) is 4.79 Å². The number of amides is 1. The van der Waals surface area contributed by atoms with Gasteiger partial charge in [-0.25, -0.2) is 4.79 Å². The van der Waals surface area contributed by atoms with Crippen LogP contribution >= 0.6 is 0 Å². The molecule has 1 N–H and O–H groups in total. The highest BCUT2D eigenvalue weighted by atomic mass is 16.7. The lowest BCUT2D eigenvalue weighted by Gasteiger charge is -2.47. The average molecular weight is 426 g/mol. The Balaban J connectivity index is 1.77. The molecule has 2 unspecified atom stereocenters. The maximum Gasteiger partial charge on any atom is 0.494 e. The number of rotatable bonds is 3. The zero-order chi connectivity index (χ0) is 23.2. The molecule has 0 aliphatic carbocycles. The first kappa shape index (κ1) is 23.6. The molecule has 2 heterocycles. The third-order valence-corrected chi connectivity index (χ3v) is 7.32. The number of carboxylic acid groups (broad SMARTS) is 1. The Hall–Kier alpha value is -2.04. The molecule has 2 aliphatic heterocycles. The van der Waals surface area contributed by atoms with E-state index in [1.165, 1.54) is 4.90 Å². The summed E-state index contributed by atoms with van der Waals surface area (Å²) in [6, 6.07) is 10.5. The molecule has 6 nitrogen and oxygen atoms in total. The van der Waals surface area contributed by atoms with E-state index in [4.69, 9.17) is 9.31 Å². The molecule has 0 radical (unpaired) electrons. The van der Waals surface area contributed by atoms with E-state index in [1.54, 1.807) is 0 Å². The minimum atomic E-state index is -0.904. The van der Waals surface area contributed by atoms with Gasteiger partial charge in [-0.3, -0.25) is 0 Å². The summed E-state index contributed by atoms with van der Waals surface area (Å²) in [6.07, 6.45) is 0.783. The Morgan fingerprint density at radius 3 is 2.19 bits per heavy atom. The second kappa shape index (κ2) is 7.83. The van der Waals surface area contributed by atoms with Gasteiger partial charge in [-0.2, -0.15) is 5.26 Å². The fourth-order valence-electron chi connectivity index (χ4n) is 4.54. The van der Waals surface area contributed by atoms with Crippen LogP contribution in [0.25, 0.3) is 0 Å². The predicted molar refractivity (Wildman–Crippen MR) is 121 cm³/mol. The van der Waals surface area contributed by atoms with Crippen LogP contribution in [-0.2, 0) is 15.7 Å². The van der Waals surface area contributed by atoms with Crippen LogP contribution in [0.1, 0.15) is 66.9 Å². The molecule has 0 aromatic heterocycles. The van der Waals surface area contributed by atoms with E-state index < -0.39 is 18.6 Å². The van der Waals surface area contributed by atoms with Crippen molar-refractivity contribution in [3.05, 3.63) is 29.8 Å². The predicted octanol–water partition coefficient (Wildman–Crippen LogP) is 4.23. The molecule has 2 fully saturated rings. The van der Waals surface area contributed by atoms with Gasteiger partial charge in [0.1, 0.15) is 0 Å². The summed E-state index contributed by atoms with van der Waals surface area (Å²) in [7, 11) is -0.409. The maximum absolute atomic E-state index is 11.7. The Morgan fingerprint density at radius 1 is 1.19 bits per heavy atom. The number of benzene rings is 1. The highest BCUT2D eigenvalue weighted by Gasteiger charge is 2.52. The molecule has 1 aromatic rings. The lowest BCUT2D eigenvalue weighted by atomic mass is 9.67. The van der Waals surface area contributed by atoms with E-state index in [2.05, 4.69) is 6.07 Å². The Morgan fingerprint density at radius 2 is 1.74 bits per heavy atom. The standard InChI is InChI=1S/C24H35BN2O4/c1-21(2,3)19-15-24(16-26,12-13-27(19)20(28)29)14-17-8-10-18(11-9-17)25-30-22(4,5)23(6,7)31-25/h8-11,19H,12-15H2,1-7H3,(H,28,29). The van der Waals surface area contributed by atoms with Gasteiger partial charge >= 0.3 is 13.2 Å². The van der Waals surface area contributed by atoms with Crippen molar-refractivity contribution in [1.29, 1.82) is 5.26 Å².